The van der Waals surface area contributed by atoms with Gasteiger partial charge in [0, 0.05) is 17.4 Å². The number of benzene rings is 6. The minimum Gasteiger partial charge on any atom is -0.277 e. The van der Waals surface area contributed by atoms with Gasteiger partial charge in [-0.1, -0.05) is 109 Å². The molecule has 6 aromatic rings. The first-order valence-electron chi connectivity index (χ1n) is 16.4. The van der Waals surface area contributed by atoms with Crippen molar-refractivity contribution in [3.05, 3.63) is 215 Å². The van der Waals surface area contributed by atoms with E-state index in [-0.39, 0.29) is 71.3 Å². The summed E-state index contributed by atoms with van der Waals surface area (Å²) in [4.78, 5) is 59.3. The number of ketones is 6. The predicted octanol–water partition coefficient (Wildman–Crippen LogP) is 7.69. The summed E-state index contributed by atoms with van der Waals surface area (Å²) in [6.07, 6.45) is 0.441. The van der Waals surface area contributed by atoms with Gasteiger partial charge in [0.2, 0.25) is 0 Å². The molecule has 52 heavy (non-hydrogen) atoms. The fourth-order valence-corrected chi connectivity index (χ4v) is 4.87. The largest absolute Gasteiger partial charge is 0.337 e. The van der Waals surface area contributed by atoms with Gasteiger partial charge in [-0.25, -0.2) is 0 Å². The molecule has 0 spiro atoms. The van der Waals surface area contributed by atoms with E-state index in [1.165, 1.54) is 0 Å². The van der Waals surface area contributed by atoms with Gasteiger partial charge in [-0.15, -0.1) is 0 Å². The zero-order valence-electron chi connectivity index (χ0n) is 28.5. The molecule has 0 aromatic heterocycles. The van der Waals surface area contributed by atoms with Crippen LogP contribution >= 0.6 is 0 Å². The van der Waals surface area contributed by atoms with Crippen molar-refractivity contribution in [1.29, 1.82) is 0 Å². The summed E-state index contributed by atoms with van der Waals surface area (Å²) in [6, 6.07) is 55.3. The van der Waals surface area contributed by atoms with Crippen molar-refractivity contribution in [1.82, 2.24) is 0 Å². The van der Waals surface area contributed by atoms with Crippen LogP contribution in [0.15, 0.2) is 182 Å². The molecule has 0 radical (unpaired) electrons. The number of rotatable bonds is 12. The van der Waals surface area contributed by atoms with Crippen LogP contribution in [0.4, 0.5) is 0 Å². The smallest absolute Gasteiger partial charge is 0.277 e. The second kappa shape index (κ2) is 21.8. The molecule has 6 rings (SSSR count). The van der Waals surface area contributed by atoms with Crippen LogP contribution in [0.3, 0.4) is 0 Å². The Hall–Kier alpha value is -6.13. The first-order valence-corrected chi connectivity index (χ1v) is 16.4. The standard InChI is InChI=1S/3C15H12O2.Cr/c3*16-14(12-7-3-1-4-8-12)11-15(17)13-9-5-2-6-10-13;/h3*1-10H,11H2;/p+6. The number of hydrogen-bond acceptors (Lipinski definition) is 0. The third kappa shape index (κ3) is 13.3. The van der Waals surface area contributed by atoms with Crippen molar-refractivity contribution in [3.63, 3.8) is 0 Å². The Labute approximate surface area is 314 Å². The van der Waals surface area contributed by atoms with Crippen LogP contribution in [-0.2, 0) is 17.4 Å². The number of hydrogen-bond donors (Lipinski definition) is 0. The zero-order valence-corrected chi connectivity index (χ0v) is 29.8. The van der Waals surface area contributed by atoms with E-state index in [1.54, 1.807) is 0 Å². The number of carbonyl (C=O) groups excluding carboxylic acids is 6. The molecule has 0 bridgehead atoms. The van der Waals surface area contributed by atoms with Crippen LogP contribution in [0.5, 0.6) is 0 Å². The molecule has 0 fully saturated rings. The molecule has 258 valence electrons. The SMILES string of the molecule is [Cr].[OH+]=C(CC(=[OH+])c1ccccc1)c1ccccc1.[OH+]=C(CC(=[OH+])c1ccccc1)c1ccccc1.[OH+]=C(CC(=[OH+])c1ccccc1)c1ccccc1. The molecule has 0 aliphatic rings. The summed E-state index contributed by atoms with van der Waals surface area (Å²) in [6.45, 7) is 0. The molecule has 6 N–H and O–H groups in total. The molecule has 0 heterocycles. The van der Waals surface area contributed by atoms with Gasteiger partial charge >= 0.3 is 34.7 Å². The maximum absolute atomic E-state index is 9.89. The summed E-state index contributed by atoms with van der Waals surface area (Å²) in [5, 5.41) is 0. The second-order valence-corrected chi connectivity index (χ2v) is 11.4. The zero-order chi connectivity index (χ0) is 36.3. The van der Waals surface area contributed by atoms with Gasteiger partial charge < -0.3 is 0 Å². The van der Waals surface area contributed by atoms with Crippen LogP contribution in [0.2, 0.25) is 0 Å². The van der Waals surface area contributed by atoms with E-state index in [2.05, 4.69) is 0 Å². The second-order valence-electron chi connectivity index (χ2n) is 11.4. The average molecular weight is 731 g/mol. The van der Waals surface area contributed by atoms with Gasteiger partial charge in [0.1, 0.15) is 0 Å². The van der Waals surface area contributed by atoms with E-state index in [0.29, 0.717) is 0 Å². The fourth-order valence-electron chi connectivity index (χ4n) is 4.87. The average Bonchev–Trinajstić information content (AvgIpc) is 3.20. The van der Waals surface area contributed by atoms with Gasteiger partial charge in [-0.3, -0.25) is 28.8 Å². The molecule has 0 aliphatic heterocycles. The molecule has 0 saturated carbocycles. The molecule has 7 heteroatoms. The van der Waals surface area contributed by atoms with E-state index in [1.807, 2.05) is 182 Å². The Morgan fingerprint density at radius 1 is 0.231 bits per heavy atom. The molecule has 0 atom stereocenters. The normalized spacial score (nSPS) is 9.69. The molecule has 0 aliphatic carbocycles. The molecular weight excluding hydrogens is 688 g/mol. The maximum atomic E-state index is 9.89. The van der Waals surface area contributed by atoms with Crippen LogP contribution in [0, 0.1) is 0 Å². The maximum Gasteiger partial charge on any atom is 0.337 e. The van der Waals surface area contributed by atoms with Crippen molar-refractivity contribution in [2.45, 2.75) is 19.3 Å². The van der Waals surface area contributed by atoms with Crippen molar-refractivity contribution in [2.24, 2.45) is 0 Å². The van der Waals surface area contributed by atoms with Gasteiger partial charge in [0.25, 0.3) is 0 Å². The molecule has 0 amide bonds. The summed E-state index contributed by atoms with van der Waals surface area (Å²) in [7, 11) is 0. The van der Waals surface area contributed by atoms with Crippen LogP contribution in [0.1, 0.15) is 52.6 Å². The predicted molar refractivity (Wildman–Crippen MR) is 209 cm³/mol. The summed E-state index contributed by atoms with van der Waals surface area (Å²) in [5.41, 5.74) is 4.39. The molecular formula is C45H42CrO6+6. The fraction of sp³-hybridized carbons (Fsp3) is 0.0667. The van der Waals surface area contributed by atoms with Gasteiger partial charge in [0.15, 0.2) is 19.3 Å². The van der Waals surface area contributed by atoms with Crippen LogP contribution < -0.4 is 0 Å². The summed E-state index contributed by atoms with van der Waals surface area (Å²) in [5.74, 6) is 1.04. The Balaban J connectivity index is 0.000000208. The molecule has 6 nitrogen and oxygen atoms in total. The minimum absolute atomic E-state index is 0. The Morgan fingerprint density at radius 2 is 0.346 bits per heavy atom. The van der Waals surface area contributed by atoms with E-state index < -0.39 is 0 Å². The van der Waals surface area contributed by atoms with Crippen molar-refractivity contribution in [3.8, 4) is 0 Å². The van der Waals surface area contributed by atoms with Gasteiger partial charge in [-0.05, 0) is 72.8 Å². The monoisotopic (exact) mass is 730 g/mol. The van der Waals surface area contributed by atoms with Crippen LogP contribution in [-0.4, -0.2) is 63.5 Å². The Morgan fingerprint density at radius 3 is 0.462 bits per heavy atom. The van der Waals surface area contributed by atoms with Crippen molar-refractivity contribution < 1.29 is 46.1 Å². The summed E-state index contributed by atoms with van der Waals surface area (Å²) >= 11 is 0. The first-order chi connectivity index (χ1) is 24.8. The Bertz CT molecular complexity index is 1640. The van der Waals surface area contributed by atoms with Gasteiger partial charge in [0.05, 0.1) is 33.4 Å². The van der Waals surface area contributed by atoms with Crippen molar-refractivity contribution in [2.75, 3.05) is 0 Å². The van der Waals surface area contributed by atoms with E-state index in [0.717, 1.165) is 33.4 Å². The van der Waals surface area contributed by atoms with Gasteiger partial charge in [-0.2, -0.15) is 0 Å². The third-order valence-corrected chi connectivity index (χ3v) is 7.65. The molecule has 0 unspecified atom stereocenters. The van der Waals surface area contributed by atoms with Crippen molar-refractivity contribution >= 4 is 34.7 Å². The topological polar surface area (TPSA) is 128 Å². The third-order valence-electron chi connectivity index (χ3n) is 7.65. The van der Waals surface area contributed by atoms with Crippen LogP contribution in [0.25, 0.3) is 0 Å². The van der Waals surface area contributed by atoms with E-state index in [4.69, 9.17) is 0 Å². The van der Waals surface area contributed by atoms with E-state index >= 15 is 0 Å². The molecule has 0 saturated heterocycles. The summed E-state index contributed by atoms with van der Waals surface area (Å²) < 4.78 is 0. The minimum atomic E-state index is 0. The quantitative estimate of drug-likeness (QED) is 0.0696. The Kier molecular flexibility index (Phi) is 16.9. The molecule has 6 aromatic carbocycles. The van der Waals surface area contributed by atoms with E-state index in [9.17, 15) is 28.8 Å². The first kappa shape index (κ1) is 40.3.